The summed E-state index contributed by atoms with van der Waals surface area (Å²) in [6.07, 6.45) is 2.42. The summed E-state index contributed by atoms with van der Waals surface area (Å²) in [6.45, 7) is 4.63. The number of carbonyl (C=O) groups is 1. The highest BCUT2D eigenvalue weighted by atomic mass is 16.5. The number of piperidine rings is 1. The normalized spacial score (nSPS) is 19.1. The lowest BCUT2D eigenvalue weighted by molar-refractivity contribution is -0.117. The molecule has 0 radical (unpaired) electrons. The molecule has 5 heteroatoms. The summed E-state index contributed by atoms with van der Waals surface area (Å²) in [5.74, 6) is 1.97. The van der Waals surface area contributed by atoms with Gasteiger partial charge in [0.15, 0.2) is 0 Å². The minimum absolute atomic E-state index is 0.0179. The van der Waals surface area contributed by atoms with Crippen molar-refractivity contribution in [1.29, 1.82) is 0 Å². The van der Waals surface area contributed by atoms with Crippen LogP contribution < -0.4 is 14.8 Å². The Balaban J connectivity index is 1.98. The van der Waals surface area contributed by atoms with Crippen molar-refractivity contribution in [2.24, 2.45) is 5.92 Å². The van der Waals surface area contributed by atoms with Gasteiger partial charge in [0.25, 0.3) is 0 Å². The van der Waals surface area contributed by atoms with E-state index in [1.807, 2.05) is 0 Å². The monoisotopic (exact) mass is 292 g/mol. The van der Waals surface area contributed by atoms with Crippen LogP contribution >= 0.6 is 0 Å². The zero-order valence-electron chi connectivity index (χ0n) is 13.0. The van der Waals surface area contributed by atoms with E-state index in [1.165, 1.54) is 6.42 Å². The zero-order valence-corrected chi connectivity index (χ0v) is 13.0. The largest absolute Gasteiger partial charge is 0.497 e. The van der Waals surface area contributed by atoms with E-state index in [-0.39, 0.29) is 5.91 Å². The van der Waals surface area contributed by atoms with E-state index in [0.29, 0.717) is 29.6 Å². The molecular weight excluding hydrogens is 268 g/mol. The van der Waals surface area contributed by atoms with Crippen LogP contribution in [0.5, 0.6) is 11.5 Å². The maximum atomic E-state index is 12.2. The summed E-state index contributed by atoms with van der Waals surface area (Å²) < 4.78 is 10.5. The first-order valence-corrected chi connectivity index (χ1v) is 7.36. The molecule has 0 unspecified atom stereocenters. The summed E-state index contributed by atoms with van der Waals surface area (Å²) in [7, 11) is 3.19. The van der Waals surface area contributed by atoms with Crippen molar-refractivity contribution in [2.75, 3.05) is 39.2 Å². The molecule has 1 fully saturated rings. The Morgan fingerprint density at radius 2 is 2.19 bits per heavy atom. The molecule has 21 heavy (non-hydrogen) atoms. The molecule has 0 spiro atoms. The van der Waals surface area contributed by atoms with Crippen LogP contribution in [0, 0.1) is 5.92 Å². The third-order valence-electron chi connectivity index (χ3n) is 3.79. The molecule has 0 aliphatic carbocycles. The Bertz CT molecular complexity index is 490. The molecule has 1 saturated heterocycles. The molecule has 1 amide bonds. The van der Waals surface area contributed by atoms with Crippen LogP contribution in [-0.4, -0.2) is 44.7 Å². The van der Waals surface area contributed by atoms with Gasteiger partial charge in [0.05, 0.1) is 26.5 Å². The first-order chi connectivity index (χ1) is 10.1. The van der Waals surface area contributed by atoms with E-state index in [1.54, 1.807) is 32.4 Å². The fraction of sp³-hybridized carbons (Fsp3) is 0.562. The van der Waals surface area contributed by atoms with Gasteiger partial charge in [0.1, 0.15) is 11.5 Å². The van der Waals surface area contributed by atoms with Crippen LogP contribution in [0.4, 0.5) is 5.69 Å². The van der Waals surface area contributed by atoms with E-state index in [4.69, 9.17) is 9.47 Å². The quantitative estimate of drug-likeness (QED) is 0.905. The predicted molar refractivity (Wildman–Crippen MR) is 83.0 cm³/mol. The highest BCUT2D eigenvalue weighted by Crippen LogP contribution is 2.28. The van der Waals surface area contributed by atoms with Crippen molar-refractivity contribution < 1.29 is 14.3 Å². The average Bonchev–Trinajstić information content (AvgIpc) is 2.47. The molecule has 1 aliphatic heterocycles. The van der Waals surface area contributed by atoms with E-state index in [9.17, 15) is 4.79 Å². The van der Waals surface area contributed by atoms with Crippen molar-refractivity contribution in [2.45, 2.75) is 19.8 Å². The number of methoxy groups -OCH3 is 2. The minimum atomic E-state index is -0.0179. The molecule has 1 atom stereocenters. The Kier molecular flexibility index (Phi) is 5.44. The number of amides is 1. The molecule has 1 aromatic rings. The van der Waals surface area contributed by atoms with Gasteiger partial charge in [-0.25, -0.2) is 0 Å². The van der Waals surface area contributed by atoms with Gasteiger partial charge in [0.2, 0.25) is 5.91 Å². The maximum absolute atomic E-state index is 12.2. The highest BCUT2D eigenvalue weighted by Gasteiger charge is 2.19. The van der Waals surface area contributed by atoms with Crippen molar-refractivity contribution in [3.05, 3.63) is 18.2 Å². The molecule has 0 saturated carbocycles. The minimum Gasteiger partial charge on any atom is -0.497 e. The van der Waals surface area contributed by atoms with E-state index >= 15 is 0 Å². The second kappa shape index (κ2) is 7.31. The first-order valence-electron chi connectivity index (χ1n) is 7.36. The summed E-state index contributed by atoms with van der Waals surface area (Å²) >= 11 is 0. The van der Waals surface area contributed by atoms with Crippen molar-refractivity contribution in [3.8, 4) is 11.5 Å². The SMILES string of the molecule is COc1ccc(OC)c(NC(=O)CN2CCC[C@H](C)C2)c1. The van der Waals surface area contributed by atoms with Crippen LogP contribution in [-0.2, 0) is 4.79 Å². The smallest absolute Gasteiger partial charge is 0.238 e. The molecule has 0 bridgehead atoms. The van der Waals surface area contributed by atoms with E-state index < -0.39 is 0 Å². The van der Waals surface area contributed by atoms with Gasteiger partial charge in [-0.05, 0) is 37.4 Å². The molecule has 1 heterocycles. The van der Waals surface area contributed by atoms with Crippen LogP contribution in [0.2, 0.25) is 0 Å². The molecule has 5 nitrogen and oxygen atoms in total. The van der Waals surface area contributed by atoms with Crippen LogP contribution in [0.15, 0.2) is 18.2 Å². The molecule has 2 rings (SSSR count). The topological polar surface area (TPSA) is 50.8 Å². The second-order valence-corrected chi connectivity index (χ2v) is 5.60. The Morgan fingerprint density at radius 3 is 2.86 bits per heavy atom. The van der Waals surface area contributed by atoms with Gasteiger partial charge in [-0.15, -0.1) is 0 Å². The number of rotatable bonds is 5. The molecule has 0 aromatic heterocycles. The number of nitrogens with zero attached hydrogens (tertiary/aromatic N) is 1. The highest BCUT2D eigenvalue weighted by molar-refractivity contribution is 5.94. The lowest BCUT2D eigenvalue weighted by atomic mass is 10.0. The maximum Gasteiger partial charge on any atom is 0.238 e. The number of carbonyl (C=O) groups excluding carboxylic acids is 1. The number of hydrogen-bond acceptors (Lipinski definition) is 4. The number of benzene rings is 1. The first kappa shape index (κ1) is 15.6. The Labute approximate surface area is 126 Å². The van der Waals surface area contributed by atoms with Crippen LogP contribution in [0.1, 0.15) is 19.8 Å². The van der Waals surface area contributed by atoms with Gasteiger partial charge in [-0.3, -0.25) is 9.69 Å². The van der Waals surface area contributed by atoms with Crippen LogP contribution in [0.25, 0.3) is 0 Å². The fourth-order valence-electron chi connectivity index (χ4n) is 2.73. The van der Waals surface area contributed by atoms with Crippen molar-refractivity contribution in [3.63, 3.8) is 0 Å². The Hall–Kier alpha value is -1.75. The average molecular weight is 292 g/mol. The third-order valence-corrected chi connectivity index (χ3v) is 3.79. The van der Waals surface area contributed by atoms with Gasteiger partial charge in [0, 0.05) is 12.6 Å². The molecule has 1 aromatic carbocycles. The summed E-state index contributed by atoms with van der Waals surface area (Å²) in [4.78, 5) is 14.4. The number of anilines is 1. The fourth-order valence-corrected chi connectivity index (χ4v) is 2.73. The lowest BCUT2D eigenvalue weighted by Gasteiger charge is -2.30. The van der Waals surface area contributed by atoms with E-state index in [0.717, 1.165) is 19.5 Å². The number of ether oxygens (including phenoxy) is 2. The zero-order chi connectivity index (χ0) is 15.2. The molecular formula is C16H24N2O3. The second-order valence-electron chi connectivity index (χ2n) is 5.60. The van der Waals surface area contributed by atoms with Crippen LogP contribution in [0.3, 0.4) is 0 Å². The van der Waals surface area contributed by atoms with Crippen molar-refractivity contribution >= 4 is 11.6 Å². The van der Waals surface area contributed by atoms with Gasteiger partial charge < -0.3 is 14.8 Å². The predicted octanol–water partition coefficient (Wildman–Crippen LogP) is 2.37. The summed E-state index contributed by atoms with van der Waals surface area (Å²) in [6, 6.07) is 5.37. The Morgan fingerprint density at radius 1 is 1.38 bits per heavy atom. The van der Waals surface area contributed by atoms with Gasteiger partial charge >= 0.3 is 0 Å². The van der Waals surface area contributed by atoms with E-state index in [2.05, 4.69) is 17.1 Å². The summed E-state index contributed by atoms with van der Waals surface area (Å²) in [5.41, 5.74) is 0.645. The number of nitrogens with one attached hydrogen (secondary N) is 1. The lowest BCUT2D eigenvalue weighted by Crippen LogP contribution is -2.39. The number of hydrogen-bond donors (Lipinski definition) is 1. The molecule has 1 aliphatic rings. The standard InChI is InChI=1S/C16H24N2O3/c1-12-5-4-8-18(10-12)11-16(19)17-14-9-13(20-2)6-7-15(14)21-3/h6-7,9,12H,4-5,8,10-11H2,1-3H3,(H,17,19)/t12-/m0/s1. The molecule has 1 N–H and O–H groups in total. The van der Waals surface area contributed by atoms with Crippen molar-refractivity contribution in [1.82, 2.24) is 4.90 Å². The van der Waals surface area contributed by atoms with Gasteiger partial charge in [-0.1, -0.05) is 6.92 Å². The molecule has 116 valence electrons. The summed E-state index contributed by atoms with van der Waals surface area (Å²) in [5, 5.41) is 2.91. The number of likely N-dealkylation sites (tertiary alicyclic amines) is 1. The third kappa shape index (κ3) is 4.36. The van der Waals surface area contributed by atoms with Gasteiger partial charge in [-0.2, -0.15) is 0 Å².